The predicted octanol–water partition coefficient (Wildman–Crippen LogP) is 4.37. The monoisotopic (exact) mass is 435 g/mol. The molecule has 1 aliphatic rings. The molecule has 0 aromatic heterocycles. The van der Waals surface area contributed by atoms with E-state index in [2.05, 4.69) is 10.6 Å². The highest BCUT2D eigenvalue weighted by atomic mass is 16.2. The number of nitrogens with one attached hydrogen (secondary N) is 2. The van der Waals surface area contributed by atoms with Crippen LogP contribution in [-0.4, -0.2) is 24.3 Å². The standard InChI is InChI=1S/C27H21N3O3/c31-24(17-30-23-15-7-11-19-10-6-13-21(25(19)23)27(30)33)29-22-14-5-4-12-20(22)26(32)28-16-18-8-2-1-3-9-18/h1-15H,16-17H2,(H,28,32)(H,29,31). The molecule has 0 aliphatic carbocycles. The van der Waals surface area contributed by atoms with Crippen LogP contribution in [0.5, 0.6) is 0 Å². The second-order valence-corrected chi connectivity index (χ2v) is 7.83. The van der Waals surface area contributed by atoms with Gasteiger partial charge in [-0.1, -0.05) is 66.7 Å². The molecule has 0 radical (unpaired) electrons. The summed E-state index contributed by atoms with van der Waals surface area (Å²) in [5.41, 5.74) is 3.05. The highest BCUT2D eigenvalue weighted by Gasteiger charge is 2.31. The lowest BCUT2D eigenvalue weighted by Crippen LogP contribution is -2.36. The lowest BCUT2D eigenvalue weighted by Gasteiger charge is -2.18. The molecule has 2 N–H and O–H groups in total. The fraction of sp³-hybridized carbons (Fsp3) is 0.0741. The van der Waals surface area contributed by atoms with Gasteiger partial charge >= 0.3 is 0 Å². The molecule has 4 aromatic rings. The maximum absolute atomic E-state index is 12.9. The van der Waals surface area contributed by atoms with Crippen molar-refractivity contribution in [3.8, 4) is 0 Å². The summed E-state index contributed by atoms with van der Waals surface area (Å²) in [7, 11) is 0. The van der Waals surface area contributed by atoms with E-state index in [0.717, 1.165) is 22.0 Å². The van der Waals surface area contributed by atoms with Gasteiger partial charge in [-0.05, 0) is 35.2 Å². The van der Waals surface area contributed by atoms with Crippen molar-refractivity contribution in [1.82, 2.24) is 5.32 Å². The zero-order chi connectivity index (χ0) is 22.8. The van der Waals surface area contributed by atoms with Gasteiger partial charge in [0.25, 0.3) is 11.8 Å². The van der Waals surface area contributed by atoms with Gasteiger partial charge in [0.05, 0.1) is 16.9 Å². The molecule has 33 heavy (non-hydrogen) atoms. The first-order chi connectivity index (χ1) is 16.1. The van der Waals surface area contributed by atoms with Crippen LogP contribution in [0, 0.1) is 0 Å². The first-order valence-electron chi connectivity index (χ1n) is 10.7. The van der Waals surface area contributed by atoms with Crippen LogP contribution in [0.25, 0.3) is 10.8 Å². The maximum Gasteiger partial charge on any atom is 0.259 e. The van der Waals surface area contributed by atoms with Gasteiger partial charge in [0, 0.05) is 17.5 Å². The quantitative estimate of drug-likeness (QED) is 0.472. The van der Waals surface area contributed by atoms with Crippen molar-refractivity contribution in [3.05, 3.63) is 108 Å². The fourth-order valence-electron chi connectivity index (χ4n) is 4.13. The number of anilines is 2. The van der Waals surface area contributed by atoms with Gasteiger partial charge in [-0.15, -0.1) is 0 Å². The number of benzene rings is 4. The van der Waals surface area contributed by atoms with E-state index in [1.165, 1.54) is 4.90 Å². The molecule has 4 aromatic carbocycles. The normalized spacial score (nSPS) is 12.1. The molecular formula is C27H21N3O3. The lowest BCUT2D eigenvalue weighted by atomic mass is 10.1. The second kappa shape index (κ2) is 8.59. The van der Waals surface area contributed by atoms with E-state index in [-0.39, 0.29) is 24.3 Å². The molecule has 162 valence electrons. The predicted molar refractivity (Wildman–Crippen MR) is 128 cm³/mol. The average molecular weight is 435 g/mol. The van der Waals surface area contributed by atoms with E-state index < -0.39 is 0 Å². The van der Waals surface area contributed by atoms with Crippen molar-refractivity contribution < 1.29 is 14.4 Å². The van der Waals surface area contributed by atoms with E-state index in [9.17, 15) is 14.4 Å². The summed E-state index contributed by atoms with van der Waals surface area (Å²) >= 11 is 0. The van der Waals surface area contributed by atoms with Crippen LogP contribution in [0.1, 0.15) is 26.3 Å². The molecule has 0 saturated carbocycles. The highest BCUT2D eigenvalue weighted by molar-refractivity contribution is 6.26. The molecule has 0 fully saturated rings. The zero-order valence-corrected chi connectivity index (χ0v) is 17.7. The molecule has 6 heteroatoms. The number of carbonyl (C=O) groups excluding carboxylic acids is 3. The Bertz CT molecular complexity index is 1380. The van der Waals surface area contributed by atoms with Crippen molar-refractivity contribution in [2.75, 3.05) is 16.8 Å². The van der Waals surface area contributed by atoms with Crippen molar-refractivity contribution in [1.29, 1.82) is 0 Å². The zero-order valence-electron chi connectivity index (χ0n) is 17.7. The van der Waals surface area contributed by atoms with Gasteiger partial charge in [-0.3, -0.25) is 19.3 Å². The molecule has 0 spiro atoms. The minimum Gasteiger partial charge on any atom is -0.348 e. The molecule has 0 unspecified atom stereocenters. The third-order valence-corrected chi connectivity index (χ3v) is 5.69. The van der Waals surface area contributed by atoms with Crippen LogP contribution in [0.2, 0.25) is 0 Å². The highest BCUT2D eigenvalue weighted by Crippen LogP contribution is 2.37. The van der Waals surface area contributed by atoms with E-state index in [0.29, 0.717) is 23.4 Å². The van der Waals surface area contributed by atoms with Crippen molar-refractivity contribution in [3.63, 3.8) is 0 Å². The third-order valence-electron chi connectivity index (χ3n) is 5.69. The van der Waals surface area contributed by atoms with Crippen LogP contribution in [0.15, 0.2) is 91.0 Å². The topological polar surface area (TPSA) is 78.5 Å². The molecule has 5 rings (SSSR count). The van der Waals surface area contributed by atoms with Gasteiger partial charge in [0.1, 0.15) is 6.54 Å². The van der Waals surface area contributed by atoms with Gasteiger partial charge in [0.15, 0.2) is 0 Å². The van der Waals surface area contributed by atoms with E-state index in [1.54, 1.807) is 30.3 Å². The smallest absolute Gasteiger partial charge is 0.259 e. The molecule has 0 atom stereocenters. The van der Waals surface area contributed by atoms with Crippen molar-refractivity contribution in [2.45, 2.75) is 6.54 Å². The maximum atomic E-state index is 12.9. The SMILES string of the molecule is O=C(CN1C(=O)c2cccc3cccc1c23)Nc1ccccc1C(=O)NCc1ccccc1. The van der Waals surface area contributed by atoms with Gasteiger partial charge in [0.2, 0.25) is 5.91 Å². The first kappa shape index (κ1) is 20.5. The lowest BCUT2D eigenvalue weighted by molar-refractivity contribution is -0.114. The van der Waals surface area contributed by atoms with E-state index >= 15 is 0 Å². The van der Waals surface area contributed by atoms with Crippen LogP contribution < -0.4 is 15.5 Å². The largest absolute Gasteiger partial charge is 0.348 e. The molecule has 1 heterocycles. The molecule has 6 nitrogen and oxygen atoms in total. The van der Waals surface area contributed by atoms with Gasteiger partial charge in [-0.2, -0.15) is 0 Å². The third kappa shape index (κ3) is 3.94. The minimum atomic E-state index is -0.378. The van der Waals surface area contributed by atoms with Gasteiger partial charge < -0.3 is 10.6 Å². The Hall–Kier alpha value is -4.45. The molecule has 0 saturated heterocycles. The summed E-state index contributed by atoms with van der Waals surface area (Å²) in [5.74, 6) is -0.869. The Balaban J connectivity index is 1.31. The Morgan fingerprint density at radius 2 is 1.52 bits per heavy atom. The number of rotatable bonds is 6. The number of hydrogen-bond acceptors (Lipinski definition) is 3. The number of hydrogen-bond donors (Lipinski definition) is 2. The summed E-state index contributed by atoms with van der Waals surface area (Å²) in [6, 6.07) is 27.7. The van der Waals surface area contributed by atoms with Crippen LogP contribution in [0.4, 0.5) is 11.4 Å². The minimum absolute atomic E-state index is 0.146. The molecule has 1 aliphatic heterocycles. The summed E-state index contributed by atoms with van der Waals surface area (Å²) in [6.45, 7) is 0.235. The number of nitrogens with zero attached hydrogens (tertiary/aromatic N) is 1. The summed E-state index contributed by atoms with van der Waals surface area (Å²) in [4.78, 5) is 40.1. The Labute approximate surface area is 190 Å². The Kier molecular flexibility index (Phi) is 5.32. The number of amides is 3. The number of carbonyl (C=O) groups is 3. The van der Waals surface area contributed by atoms with E-state index in [1.807, 2.05) is 60.7 Å². The average Bonchev–Trinajstić information content (AvgIpc) is 3.11. The number of para-hydroxylation sites is 1. The Morgan fingerprint density at radius 1 is 0.788 bits per heavy atom. The van der Waals surface area contributed by atoms with Crippen molar-refractivity contribution >= 4 is 39.9 Å². The van der Waals surface area contributed by atoms with Gasteiger partial charge in [-0.25, -0.2) is 0 Å². The second-order valence-electron chi connectivity index (χ2n) is 7.83. The van der Waals surface area contributed by atoms with Crippen LogP contribution in [-0.2, 0) is 11.3 Å². The summed E-state index contributed by atoms with van der Waals surface area (Å²) in [6.07, 6.45) is 0. The van der Waals surface area contributed by atoms with E-state index in [4.69, 9.17) is 0 Å². The molecule has 0 bridgehead atoms. The van der Waals surface area contributed by atoms with Crippen LogP contribution in [0.3, 0.4) is 0 Å². The molecule has 3 amide bonds. The Morgan fingerprint density at radius 3 is 2.33 bits per heavy atom. The fourth-order valence-corrected chi connectivity index (χ4v) is 4.13. The summed E-state index contributed by atoms with van der Waals surface area (Å²) in [5, 5.41) is 7.50. The first-order valence-corrected chi connectivity index (χ1v) is 10.7. The van der Waals surface area contributed by atoms with Crippen LogP contribution >= 0.6 is 0 Å². The van der Waals surface area contributed by atoms with Crippen molar-refractivity contribution in [2.24, 2.45) is 0 Å². The molecular weight excluding hydrogens is 414 g/mol. The summed E-state index contributed by atoms with van der Waals surface area (Å²) < 4.78 is 0.